The van der Waals surface area contributed by atoms with Gasteiger partial charge in [-0.2, -0.15) is 0 Å². The normalized spacial score (nSPS) is 26.4. The van der Waals surface area contributed by atoms with E-state index in [-0.39, 0.29) is 12.2 Å². The molecule has 0 aromatic carbocycles. The Morgan fingerprint density at radius 3 is 2.15 bits per heavy atom. The summed E-state index contributed by atoms with van der Waals surface area (Å²) in [6.07, 6.45) is 10.3. The van der Waals surface area contributed by atoms with Gasteiger partial charge in [-0.25, -0.2) is 0 Å². The Labute approximate surface area is 196 Å². The van der Waals surface area contributed by atoms with Gasteiger partial charge in [0, 0.05) is 12.8 Å². The minimum absolute atomic E-state index is 0.176. The molecule has 33 heavy (non-hydrogen) atoms. The van der Waals surface area contributed by atoms with Crippen LogP contribution in [0.15, 0.2) is 59.3 Å². The zero-order valence-electron chi connectivity index (χ0n) is 20.4. The smallest absolute Gasteiger partial charge is 0.303 e. The summed E-state index contributed by atoms with van der Waals surface area (Å²) in [7, 11) is 0. The Bertz CT molecular complexity index is 864. The lowest BCUT2D eigenvalue weighted by Gasteiger charge is -2.24. The van der Waals surface area contributed by atoms with Crippen LogP contribution in [0.2, 0.25) is 0 Å². The minimum atomic E-state index is -1.01. The molecule has 0 aromatic rings. The third-order valence-corrected chi connectivity index (χ3v) is 5.31. The van der Waals surface area contributed by atoms with Crippen molar-refractivity contribution >= 4 is 17.7 Å². The predicted octanol–water partition coefficient (Wildman–Crippen LogP) is 3.09. The van der Waals surface area contributed by atoms with Crippen molar-refractivity contribution in [3.05, 3.63) is 59.3 Å². The van der Waals surface area contributed by atoms with E-state index in [0.717, 1.165) is 11.1 Å². The second-order valence-electron chi connectivity index (χ2n) is 8.51. The van der Waals surface area contributed by atoms with E-state index in [4.69, 9.17) is 4.74 Å². The number of rotatable bonds is 3. The maximum atomic E-state index is 13.0. The molecular formula is C26H37NO6. The highest BCUT2D eigenvalue weighted by atomic mass is 16.5. The van der Waals surface area contributed by atoms with E-state index in [9.17, 15) is 24.6 Å². The molecule has 5 atom stereocenters. The first kappa shape index (κ1) is 28.3. The summed E-state index contributed by atoms with van der Waals surface area (Å²) in [5, 5.41) is 23.2. The fourth-order valence-corrected chi connectivity index (χ4v) is 3.21. The molecule has 0 heterocycles. The zero-order chi connectivity index (χ0) is 25.1. The monoisotopic (exact) mass is 459 g/mol. The average Bonchev–Trinajstić information content (AvgIpc) is 2.75. The van der Waals surface area contributed by atoms with Crippen molar-refractivity contribution in [3.63, 3.8) is 0 Å². The number of carbonyl (C=O) groups is 3. The number of nitrogens with one attached hydrogen (secondary N) is 1. The van der Waals surface area contributed by atoms with Gasteiger partial charge in [-0.05, 0) is 46.1 Å². The summed E-state index contributed by atoms with van der Waals surface area (Å²) in [5.74, 6) is -1.88. The van der Waals surface area contributed by atoms with E-state index in [2.05, 4.69) is 5.32 Å². The van der Waals surface area contributed by atoms with Crippen LogP contribution in [0.5, 0.6) is 0 Å². The fraction of sp³-hybridized carbons (Fsp3) is 0.500. The van der Waals surface area contributed by atoms with Crippen LogP contribution < -0.4 is 5.32 Å². The molecule has 5 unspecified atom stereocenters. The third kappa shape index (κ3) is 10.6. The van der Waals surface area contributed by atoms with Crippen LogP contribution in [0.25, 0.3) is 0 Å². The van der Waals surface area contributed by atoms with E-state index < -0.39 is 42.1 Å². The molecule has 1 aliphatic rings. The highest BCUT2D eigenvalue weighted by Gasteiger charge is 2.27. The quantitative estimate of drug-likeness (QED) is 0.559. The fourth-order valence-electron chi connectivity index (χ4n) is 3.21. The van der Waals surface area contributed by atoms with Gasteiger partial charge >= 0.3 is 5.97 Å². The Morgan fingerprint density at radius 1 is 1.03 bits per heavy atom. The molecule has 182 valence electrons. The van der Waals surface area contributed by atoms with Crippen LogP contribution in [0.1, 0.15) is 54.4 Å². The summed E-state index contributed by atoms with van der Waals surface area (Å²) in [4.78, 5) is 36.8. The maximum absolute atomic E-state index is 13.0. The molecule has 0 radical (unpaired) electrons. The zero-order valence-corrected chi connectivity index (χ0v) is 20.4. The van der Waals surface area contributed by atoms with Gasteiger partial charge in [0.15, 0.2) is 11.9 Å². The van der Waals surface area contributed by atoms with Crippen molar-refractivity contribution < 1.29 is 29.3 Å². The molecule has 7 heteroatoms. The first-order valence-corrected chi connectivity index (χ1v) is 11.2. The van der Waals surface area contributed by atoms with Crippen LogP contribution in [0, 0.1) is 5.92 Å². The molecule has 0 saturated heterocycles. The number of amides is 1. The Kier molecular flexibility index (Phi) is 11.7. The van der Waals surface area contributed by atoms with Gasteiger partial charge in [-0.3, -0.25) is 14.4 Å². The predicted molar refractivity (Wildman–Crippen MR) is 128 cm³/mol. The average molecular weight is 460 g/mol. The molecule has 0 fully saturated rings. The van der Waals surface area contributed by atoms with E-state index >= 15 is 0 Å². The van der Waals surface area contributed by atoms with Crippen molar-refractivity contribution in [1.29, 1.82) is 0 Å². The van der Waals surface area contributed by atoms with Gasteiger partial charge in [0.2, 0.25) is 0 Å². The molecule has 3 N–H and O–H groups in total. The third-order valence-electron chi connectivity index (χ3n) is 5.31. The lowest BCUT2D eigenvalue weighted by Crippen LogP contribution is -2.46. The molecule has 1 amide bonds. The Morgan fingerprint density at radius 2 is 1.58 bits per heavy atom. The second-order valence-corrected chi connectivity index (χ2v) is 8.51. The summed E-state index contributed by atoms with van der Waals surface area (Å²) in [6.45, 7) is 9.77. The van der Waals surface area contributed by atoms with E-state index in [0.29, 0.717) is 12.0 Å². The molecular weight excluding hydrogens is 422 g/mol. The number of aliphatic hydroxyl groups excluding tert-OH is 2. The standard InChI is InChI=1S/C26H37NO6/c1-16-7-11-22(29)13-9-17(2)15-24(27-26(32)20(5)33-21(6)28)19(4)25(31)18(3)10-14-23(30)12-8-16/h7-10,12-13,15,19-20,22-24,29-30H,11,14H2,1-6H3,(H,27,32). The Balaban J connectivity index is 3.30. The summed E-state index contributed by atoms with van der Waals surface area (Å²) in [5.41, 5.74) is 2.14. The van der Waals surface area contributed by atoms with Gasteiger partial charge in [0.25, 0.3) is 5.91 Å². The second kappa shape index (κ2) is 13.7. The Hall–Kier alpha value is -2.77. The molecule has 1 rings (SSSR count). The number of ketones is 1. The first-order chi connectivity index (χ1) is 15.4. The largest absolute Gasteiger partial charge is 0.453 e. The van der Waals surface area contributed by atoms with E-state index in [1.165, 1.54) is 13.8 Å². The van der Waals surface area contributed by atoms with Crippen LogP contribution in [-0.2, 0) is 19.1 Å². The molecule has 0 bridgehead atoms. The van der Waals surface area contributed by atoms with Crippen molar-refractivity contribution in [2.45, 2.75) is 78.7 Å². The van der Waals surface area contributed by atoms with Gasteiger partial charge < -0.3 is 20.3 Å². The van der Waals surface area contributed by atoms with E-state index in [1.807, 2.05) is 19.9 Å². The molecule has 0 spiro atoms. The number of hydrogen-bond acceptors (Lipinski definition) is 6. The van der Waals surface area contributed by atoms with Crippen LogP contribution in [-0.4, -0.2) is 52.2 Å². The van der Waals surface area contributed by atoms with Gasteiger partial charge in [0.1, 0.15) is 0 Å². The number of aliphatic hydroxyl groups is 2. The number of Topliss-reactive ketones (excluding diaryl/α,β-unsaturated/α-hetero) is 1. The van der Waals surface area contributed by atoms with Crippen molar-refractivity contribution in [3.8, 4) is 0 Å². The van der Waals surface area contributed by atoms with Gasteiger partial charge in [-0.15, -0.1) is 0 Å². The lowest BCUT2D eigenvalue weighted by atomic mass is 9.90. The summed E-state index contributed by atoms with van der Waals surface area (Å²) < 4.78 is 4.95. The SMILES string of the molecule is CC(=O)OC(C)C(=O)NC1C=C(C)C=CC(O)CC=C(C)C=CC(O)CC=C(C)C(=O)C1C. The van der Waals surface area contributed by atoms with Gasteiger partial charge in [-0.1, -0.05) is 60.6 Å². The van der Waals surface area contributed by atoms with Crippen molar-refractivity contribution in [2.24, 2.45) is 5.92 Å². The number of carbonyl (C=O) groups excluding carboxylic acids is 3. The van der Waals surface area contributed by atoms with E-state index in [1.54, 1.807) is 50.3 Å². The number of esters is 1. The van der Waals surface area contributed by atoms with Crippen LogP contribution in [0.3, 0.4) is 0 Å². The maximum Gasteiger partial charge on any atom is 0.303 e. The highest BCUT2D eigenvalue weighted by Crippen LogP contribution is 2.17. The highest BCUT2D eigenvalue weighted by molar-refractivity contribution is 5.97. The molecule has 0 aliphatic heterocycles. The van der Waals surface area contributed by atoms with Crippen molar-refractivity contribution in [1.82, 2.24) is 5.32 Å². The van der Waals surface area contributed by atoms with Crippen molar-refractivity contribution in [2.75, 3.05) is 0 Å². The summed E-state index contributed by atoms with van der Waals surface area (Å²) in [6, 6.07) is -0.671. The topological polar surface area (TPSA) is 113 Å². The van der Waals surface area contributed by atoms with Crippen LogP contribution in [0.4, 0.5) is 0 Å². The molecule has 7 nitrogen and oxygen atoms in total. The molecule has 1 aliphatic carbocycles. The first-order valence-electron chi connectivity index (χ1n) is 11.2. The molecule has 0 aromatic heterocycles. The number of allylic oxidation sites excluding steroid dienone is 5. The number of ether oxygens (including phenoxy) is 1. The number of hydrogen-bond donors (Lipinski definition) is 3. The van der Waals surface area contributed by atoms with Gasteiger partial charge in [0.05, 0.1) is 18.2 Å². The molecule has 0 saturated carbocycles. The summed E-state index contributed by atoms with van der Waals surface area (Å²) >= 11 is 0. The lowest BCUT2D eigenvalue weighted by molar-refractivity contribution is -0.153. The minimum Gasteiger partial charge on any atom is -0.453 e. The van der Waals surface area contributed by atoms with Crippen LogP contribution >= 0.6 is 0 Å².